The number of alkyl carbamates (subject to hydrolysis) is 1. The number of rotatable bonds is 3. The highest BCUT2D eigenvalue weighted by Gasteiger charge is 2.24. The predicted molar refractivity (Wildman–Crippen MR) is 61.2 cm³/mol. The van der Waals surface area contributed by atoms with E-state index in [1.54, 1.807) is 0 Å². The molecule has 1 aliphatic heterocycles. The summed E-state index contributed by atoms with van der Waals surface area (Å²) in [6.45, 7) is 2.58. The van der Waals surface area contributed by atoms with Gasteiger partial charge in [0.2, 0.25) is 0 Å². The Bertz CT molecular complexity index is 500. The van der Waals surface area contributed by atoms with E-state index in [1.807, 2.05) is 6.92 Å². The molecule has 0 spiro atoms. The van der Waals surface area contributed by atoms with Gasteiger partial charge in [0.05, 0.1) is 13.1 Å². The number of hydrogen-bond donors (Lipinski definition) is 1. The molecule has 17 heavy (non-hydrogen) atoms. The normalized spacial score (nSPS) is 18.9. The minimum absolute atomic E-state index is 0.185. The van der Waals surface area contributed by atoms with Crippen molar-refractivity contribution in [1.82, 2.24) is 14.9 Å². The van der Waals surface area contributed by atoms with Crippen LogP contribution in [-0.4, -0.2) is 28.3 Å². The average Bonchev–Trinajstić information content (AvgIpc) is 2.67. The van der Waals surface area contributed by atoms with Crippen molar-refractivity contribution in [2.75, 3.05) is 6.54 Å². The highest BCUT2D eigenvalue weighted by molar-refractivity contribution is 6.29. The molecular weight excluding hydrogens is 246 g/mol. The van der Waals surface area contributed by atoms with E-state index >= 15 is 0 Å². The fraction of sp³-hybridized carbons (Fsp3) is 0.500. The summed E-state index contributed by atoms with van der Waals surface area (Å²) in [4.78, 5) is 26.7. The molecule has 2 rings (SSSR count). The SMILES string of the molecule is CCc1nc(Cl)cc(=O)n1CC1CNC(=O)O1. The van der Waals surface area contributed by atoms with Crippen LogP contribution >= 0.6 is 11.6 Å². The number of aromatic nitrogens is 2. The number of carbonyl (C=O) groups excluding carboxylic acids is 1. The van der Waals surface area contributed by atoms with Crippen LogP contribution in [0, 0.1) is 0 Å². The summed E-state index contributed by atoms with van der Waals surface area (Å²) in [5.74, 6) is 0.588. The van der Waals surface area contributed by atoms with Crippen molar-refractivity contribution >= 4 is 17.7 Å². The van der Waals surface area contributed by atoms with Gasteiger partial charge in [-0.05, 0) is 0 Å². The lowest BCUT2D eigenvalue weighted by Crippen LogP contribution is -2.31. The molecule has 0 aliphatic carbocycles. The second kappa shape index (κ2) is 4.75. The zero-order valence-corrected chi connectivity index (χ0v) is 10.0. The van der Waals surface area contributed by atoms with Crippen LogP contribution in [-0.2, 0) is 17.7 Å². The largest absolute Gasteiger partial charge is 0.442 e. The van der Waals surface area contributed by atoms with Crippen LogP contribution in [0.5, 0.6) is 0 Å². The second-order valence-electron chi connectivity index (χ2n) is 3.71. The van der Waals surface area contributed by atoms with Crippen molar-refractivity contribution in [2.45, 2.75) is 26.0 Å². The van der Waals surface area contributed by atoms with Crippen molar-refractivity contribution in [3.8, 4) is 0 Å². The number of nitrogens with one attached hydrogen (secondary N) is 1. The lowest BCUT2D eigenvalue weighted by Gasteiger charge is -2.13. The van der Waals surface area contributed by atoms with E-state index in [0.717, 1.165) is 0 Å². The van der Waals surface area contributed by atoms with Gasteiger partial charge in [-0.1, -0.05) is 18.5 Å². The summed E-state index contributed by atoms with van der Waals surface area (Å²) in [5.41, 5.74) is -0.232. The van der Waals surface area contributed by atoms with Gasteiger partial charge in [-0.25, -0.2) is 9.78 Å². The average molecular weight is 258 g/mol. The zero-order chi connectivity index (χ0) is 12.4. The molecule has 1 aromatic rings. The summed E-state index contributed by atoms with van der Waals surface area (Å²) >= 11 is 5.72. The molecule has 7 heteroatoms. The van der Waals surface area contributed by atoms with E-state index in [-0.39, 0.29) is 16.8 Å². The number of cyclic esters (lactones) is 1. The van der Waals surface area contributed by atoms with Crippen molar-refractivity contribution < 1.29 is 9.53 Å². The molecular formula is C10H12ClN3O3. The van der Waals surface area contributed by atoms with E-state index in [4.69, 9.17) is 16.3 Å². The number of ether oxygens (including phenoxy) is 1. The van der Waals surface area contributed by atoms with Crippen LogP contribution in [0.25, 0.3) is 0 Å². The van der Waals surface area contributed by atoms with Crippen molar-refractivity contribution in [3.05, 3.63) is 27.4 Å². The summed E-state index contributed by atoms with van der Waals surface area (Å²) in [5, 5.41) is 2.72. The molecule has 1 amide bonds. The van der Waals surface area contributed by atoms with E-state index in [2.05, 4.69) is 10.3 Å². The quantitative estimate of drug-likeness (QED) is 0.804. The van der Waals surface area contributed by atoms with Crippen LogP contribution in [0.1, 0.15) is 12.7 Å². The van der Waals surface area contributed by atoms with Crippen LogP contribution in [0.2, 0.25) is 5.15 Å². The molecule has 0 bridgehead atoms. The maximum absolute atomic E-state index is 11.8. The third-order valence-corrected chi connectivity index (χ3v) is 2.70. The molecule has 1 unspecified atom stereocenters. The Kier molecular flexibility index (Phi) is 3.33. The third kappa shape index (κ3) is 2.58. The Hall–Kier alpha value is -1.56. The molecule has 1 aromatic heterocycles. The number of carbonyl (C=O) groups is 1. The predicted octanol–water partition coefficient (Wildman–Crippen LogP) is 0.567. The summed E-state index contributed by atoms with van der Waals surface area (Å²) in [6.07, 6.45) is -0.208. The fourth-order valence-corrected chi connectivity index (χ4v) is 1.92. The monoisotopic (exact) mass is 257 g/mol. The van der Waals surface area contributed by atoms with Crippen LogP contribution in [0.15, 0.2) is 10.9 Å². The van der Waals surface area contributed by atoms with Gasteiger partial charge >= 0.3 is 6.09 Å². The molecule has 1 atom stereocenters. The lowest BCUT2D eigenvalue weighted by molar-refractivity contribution is 0.129. The number of aryl methyl sites for hydroxylation is 1. The van der Waals surface area contributed by atoms with Gasteiger partial charge < -0.3 is 10.1 Å². The zero-order valence-electron chi connectivity index (χ0n) is 9.27. The first kappa shape index (κ1) is 11.9. The van der Waals surface area contributed by atoms with Gasteiger partial charge in [-0.3, -0.25) is 9.36 Å². The van der Waals surface area contributed by atoms with Crippen LogP contribution in [0.3, 0.4) is 0 Å². The molecule has 1 N–H and O–H groups in total. The van der Waals surface area contributed by atoms with Gasteiger partial charge in [0, 0.05) is 12.5 Å². The molecule has 0 saturated carbocycles. The fourth-order valence-electron chi connectivity index (χ4n) is 1.73. The Labute approximate surface area is 103 Å². The van der Waals surface area contributed by atoms with E-state index in [0.29, 0.717) is 25.3 Å². The van der Waals surface area contributed by atoms with Crippen LogP contribution in [0.4, 0.5) is 4.79 Å². The highest BCUT2D eigenvalue weighted by Crippen LogP contribution is 2.07. The van der Waals surface area contributed by atoms with E-state index in [9.17, 15) is 9.59 Å². The van der Waals surface area contributed by atoms with Gasteiger partial charge in [-0.15, -0.1) is 0 Å². The van der Waals surface area contributed by atoms with Crippen LogP contribution < -0.4 is 10.9 Å². The third-order valence-electron chi connectivity index (χ3n) is 2.51. The minimum atomic E-state index is -0.456. The lowest BCUT2D eigenvalue weighted by atomic mass is 10.3. The van der Waals surface area contributed by atoms with Crippen molar-refractivity contribution in [1.29, 1.82) is 0 Å². The Morgan fingerprint density at radius 1 is 1.65 bits per heavy atom. The van der Waals surface area contributed by atoms with Gasteiger partial charge in [0.1, 0.15) is 17.1 Å². The van der Waals surface area contributed by atoms with E-state index in [1.165, 1.54) is 10.6 Å². The molecule has 1 fully saturated rings. The topological polar surface area (TPSA) is 73.2 Å². The first-order valence-corrected chi connectivity index (χ1v) is 5.68. The smallest absolute Gasteiger partial charge is 0.407 e. The van der Waals surface area contributed by atoms with Gasteiger partial charge in [-0.2, -0.15) is 0 Å². The van der Waals surface area contributed by atoms with Crippen molar-refractivity contribution in [2.24, 2.45) is 0 Å². The standard InChI is InChI=1S/C10H12ClN3O3/c1-2-8-13-7(11)3-9(15)14(8)5-6-4-12-10(16)17-6/h3,6H,2,4-5H2,1H3,(H,12,16). The molecule has 1 saturated heterocycles. The number of nitrogens with zero attached hydrogens (tertiary/aromatic N) is 2. The minimum Gasteiger partial charge on any atom is -0.442 e. The Morgan fingerprint density at radius 2 is 2.41 bits per heavy atom. The maximum atomic E-state index is 11.8. The first-order chi connectivity index (χ1) is 8.10. The number of halogens is 1. The Morgan fingerprint density at radius 3 is 3.00 bits per heavy atom. The molecule has 0 radical (unpaired) electrons. The number of amides is 1. The second-order valence-corrected chi connectivity index (χ2v) is 4.09. The first-order valence-electron chi connectivity index (χ1n) is 5.31. The molecule has 2 heterocycles. The molecule has 0 aromatic carbocycles. The van der Waals surface area contributed by atoms with Gasteiger partial charge in [0.15, 0.2) is 0 Å². The summed E-state index contributed by atoms with van der Waals surface area (Å²) in [7, 11) is 0. The highest BCUT2D eigenvalue weighted by atomic mass is 35.5. The Balaban J connectivity index is 2.25. The molecule has 92 valence electrons. The number of hydrogen-bond acceptors (Lipinski definition) is 4. The van der Waals surface area contributed by atoms with Crippen molar-refractivity contribution in [3.63, 3.8) is 0 Å². The maximum Gasteiger partial charge on any atom is 0.407 e. The summed E-state index contributed by atoms with van der Waals surface area (Å²) in [6, 6.07) is 1.25. The van der Waals surface area contributed by atoms with E-state index < -0.39 is 6.09 Å². The molecule has 6 nitrogen and oxygen atoms in total. The summed E-state index contributed by atoms with van der Waals surface area (Å²) < 4.78 is 6.46. The molecule has 1 aliphatic rings. The van der Waals surface area contributed by atoms with Gasteiger partial charge in [0.25, 0.3) is 5.56 Å².